The van der Waals surface area contributed by atoms with E-state index < -0.39 is 0 Å². The highest BCUT2D eigenvalue weighted by atomic mass is 35.5. The van der Waals surface area contributed by atoms with Crippen LogP contribution in [-0.4, -0.2) is 9.97 Å². The Morgan fingerprint density at radius 3 is 2.54 bits per heavy atom. The van der Waals surface area contributed by atoms with Crippen LogP contribution in [0.25, 0.3) is 0 Å². The van der Waals surface area contributed by atoms with Crippen LogP contribution in [0.4, 0.5) is 0 Å². The molecule has 4 heteroatoms. The summed E-state index contributed by atoms with van der Waals surface area (Å²) in [5, 5.41) is 0. The average molecular weight is 217 g/mol. The maximum atomic E-state index is 5.66. The first-order chi connectivity index (χ1) is 6.06. The van der Waals surface area contributed by atoms with Gasteiger partial charge in [-0.1, -0.05) is 26.1 Å². The second kappa shape index (κ2) is 4.20. The number of aryl methyl sites for hydroxylation is 1. The van der Waals surface area contributed by atoms with Crippen molar-refractivity contribution in [1.29, 1.82) is 0 Å². The molecule has 1 aromatic rings. The van der Waals surface area contributed by atoms with Gasteiger partial charge in [0, 0.05) is 11.3 Å². The van der Waals surface area contributed by atoms with Crippen LogP contribution in [0.15, 0.2) is 0 Å². The summed E-state index contributed by atoms with van der Waals surface area (Å²) in [6, 6.07) is 0. The number of nitrogens with one attached hydrogen (secondary N) is 1. The summed E-state index contributed by atoms with van der Waals surface area (Å²) in [6.07, 6.45) is 0. The van der Waals surface area contributed by atoms with E-state index in [1.165, 1.54) is 0 Å². The van der Waals surface area contributed by atoms with E-state index in [1.807, 2.05) is 6.92 Å². The molecule has 0 aliphatic rings. The summed E-state index contributed by atoms with van der Waals surface area (Å²) in [6.45, 7) is 6.21. The highest BCUT2D eigenvalue weighted by Crippen LogP contribution is 2.18. The Morgan fingerprint density at radius 1 is 1.54 bits per heavy atom. The van der Waals surface area contributed by atoms with Crippen LogP contribution in [0, 0.1) is 11.6 Å². The van der Waals surface area contributed by atoms with Crippen LogP contribution in [0.3, 0.4) is 0 Å². The summed E-state index contributed by atoms with van der Waals surface area (Å²) in [5.74, 6) is 1.53. The zero-order valence-corrected chi connectivity index (χ0v) is 9.59. The van der Waals surface area contributed by atoms with Gasteiger partial charge in [-0.15, -0.1) is 11.6 Å². The Bertz CT molecular complexity index is 357. The zero-order valence-electron chi connectivity index (χ0n) is 8.02. The molecule has 2 nitrogen and oxygen atoms in total. The van der Waals surface area contributed by atoms with Gasteiger partial charge in [0.15, 0.2) is 0 Å². The van der Waals surface area contributed by atoms with Crippen LogP contribution >= 0.6 is 23.8 Å². The number of nitrogens with zero attached hydrogens (tertiary/aromatic N) is 1. The fourth-order valence-corrected chi connectivity index (χ4v) is 2.02. The second-order valence-electron chi connectivity index (χ2n) is 3.32. The third-order valence-corrected chi connectivity index (χ3v) is 2.47. The fourth-order valence-electron chi connectivity index (χ4n) is 1.40. The van der Waals surface area contributed by atoms with Gasteiger partial charge >= 0.3 is 0 Å². The molecule has 0 spiro atoms. The molecule has 0 saturated carbocycles. The third-order valence-electron chi connectivity index (χ3n) is 1.91. The Kier molecular flexibility index (Phi) is 3.45. The molecule has 0 saturated heterocycles. The van der Waals surface area contributed by atoms with Crippen molar-refractivity contribution in [3.8, 4) is 0 Å². The van der Waals surface area contributed by atoms with E-state index in [2.05, 4.69) is 23.8 Å². The van der Waals surface area contributed by atoms with Crippen molar-refractivity contribution in [2.45, 2.75) is 32.6 Å². The third kappa shape index (κ3) is 2.29. The van der Waals surface area contributed by atoms with Gasteiger partial charge in [-0.25, -0.2) is 4.98 Å². The number of rotatable bonds is 2. The standard InChI is InChI=1S/C9H13ClN2S/c1-5(2)8-6(3)11-7(4-10)12-9(8)13/h5H,4H2,1-3H3,(H,11,12,13). The minimum atomic E-state index is 0.378. The van der Waals surface area contributed by atoms with Crippen LogP contribution in [-0.2, 0) is 5.88 Å². The quantitative estimate of drug-likeness (QED) is 0.607. The van der Waals surface area contributed by atoms with Gasteiger partial charge in [-0.3, -0.25) is 0 Å². The molecule has 72 valence electrons. The van der Waals surface area contributed by atoms with E-state index >= 15 is 0 Å². The average Bonchev–Trinajstić information content (AvgIpc) is 2.02. The lowest BCUT2D eigenvalue weighted by Gasteiger charge is -2.10. The van der Waals surface area contributed by atoms with E-state index in [1.54, 1.807) is 0 Å². The smallest absolute Gasteiger partial charge is 0.133 e. The van der Waals surface area contributed by atoms with Gasteiger partial charge in [0.25, 0.3) is 0 Å². The Balaban J connectivity index is 3.32. The molecule has 1 N–H and O–H groups in total. The predicted octanol–water partition coefficient (Wildman–Crippen LogP) is 3.31. The summed E-state index contributed by atoms with van der Waals surface area (Å²) in [5.41, 5.74) is 2.19. The topological polar surface area (TPSA) is 28.7 Å². The largest absolute Gasteiger partial charge is 0.346 e. The number of alkyl halides is 1. The van der Waals surface area contributed by atoms with Crippen LogP contribution < -0.4 is 0 Å². The van der Waals surface area contributed by atoms with Gasteiger partial charge < -0.3 is 4.98 Å². The molecule has 1 aromatic heterocycles. The molecule has 0 bridgehead atoms. The number of aromatic nitrogens is 2. The molecule has 1 rings (SSSR count). The van der Waals surface area contributed by atoms with Crippen molar-refractivity contribution in [1.82, 2.24) is 9.97 Å². The van der Waals surface area contributed by atoms with Gasteiger partial charge in [0.05, 0.1) is 5.88 Å². The van der Waals surface area contributed by atoms with Crippen molar-refractivity contribution >= 4 is 23.8 Å². The summed E-state index contributed by atoms with van der Waals surface area (Å²) < 4.78 is 0.668. The highest BCUT2D eigenvalue weighted by Gasteiger charge is 2.08. The first-order valence-electron chi connectivity index (χ1n) is 4.22. The van der Waals surface area contributed by atoms with Crippen LogP contribution in [0.5, 0.6) is 0 Å². The Morgan fingerprint density at radius 2 is 2.15 bits per heavy atom. The minimum Gasteiger partial charge on any atom is -0.346 e. The minimum absolute atomic E-state index is 0.378. The number of H-pyrrole nitrogens is 1. The predicted molar refractivity (Wildman–Crippen MR) is 57.8 cm³/mol. The maximum Gasteiger partial charge on any atom is 0.133 e. The lowest BCUT2D eigenvalue weighted by atomic mass is 10.0. The lowest BCUT2D eigenvalue weighted by molar-refractivity contribution is 0.810. The fraction of sp³-hybridized carbons (Fsp3) is 0.556. The first-order valence-corrected chi connectivity index (χ1v) is 5.16. The van der Waals surface area contributed by atoms with Crippen molar-refractivity contribution in [3.63, 3.8) is 0 Å². The number of halogens is 1. The Hall–Kier alpha value is -0.410. The van der Waals surface area contributed by atoms with E-state index in [0.717, 1.165) is 17.1 Å². The van der Waals surface area contributed by atoms with Crippen molar-refractivity contribution in [3.05, 3.63) is 21.7 Å². The molecular formula is C9H13ClN2S. The molecule has 1 heterocycles. The summed E-state index contributed by atoms with van der Waals surface area (Å²) in [7, 11) is 0. The van der Waals surface area contributed by atoms with E-state index in [4.69, 9.17) is 23.8 Å². The van der Waals surface area contributed by atoms with Gasteiger partial charge in [-0.05, 0) is 12.8 Å². The van der Waals surface area contributed by atoms with E-state index in [-0.39, 0.29) is 0 Å². The normalized spacial score (nSPS) is 10.8. The van der Waals surface area contributed by atoms with Gasteiger partial charge in [0.2, 0.25) is 0 Å². The second-order valence-corrected chi connectivity index (χ2v) is 3.97. The Labute approximate surface area is 88.4 Å². The lowest BCUT2D eigenvalue weighted by Crippen LogP contribution is -2.02. The molecule has 0 radical (unpaired) electrons. The molecule has 0 aromatic carbocycles. The monoisotopic (exact) mass is 216 g/mol. The zero-order chi connectivity index (χ0) is 10.0. The number of hydrogen-bond donors (Lipinski definition) is 1. The summed E-state index contributed by atoms with van der Waals surface area (Å²) >= 11 is 10.8. The molecule has 0 atom stereocenters. The molecule has 0 aliphatic carbocycles. The molecule has 0 amide bonds. The molecule has 0 unspecified atom stereocenters. The number of hydrogen-bond acceptors (Lipinski definition) is 2. The van der Waals surface area contributed by atoms with Crippen LogP contribution in [0.2, 0.25) is 0 Å². The van der Waals surface area contributed by atoms with Crippen molar-refractivity contribution in [2.24, 2.45) is 0 Å². The number of aromatic amines is 1. The van der Waals surface area contributed by atoms with E-state index in [9.17, 15) is 0 Å². The van der Waals surface area contributed by atoms with Crippen molar-refractivity contribution < 1.29 is 0 Å². The molecular weight excluding hydrogens is 204 g/mol. The van der Waals surface area contributed by atoms with Crippen molar-refractivity contribution in [2.75, 3.05) is 0 Å². The highest BCUT2D eigenvalue weighted by molar-refractivity contribution is 7.71. The maximum absolute atomic E-state index is 5.66. The summed E-state index contributed by atoms with van der Waals surface area (Å²) in [4.78, 5) is 7.34. The first kappa shape index (κ1) is 10.7. The van der Waals surface area contributed by atoms with Crippen LogP contribution in [0.1, 0.15) is 36.8 Å². The molecule has 13 heavy (non-hydrogen) atoms. The molecule has 0 fully saturated rings. The van der Waals surface area contributed by atoms with E-state index in [0.29, 0.717) is 16.4 Å². The SMILES string of the molecule is Cc1[nH]c(CCl)nc(=S)c1C(C)C. The molecule has 0 aliphatic heterocycles. The van der Waals surface area contributed by atoms with Gasteiger partial charge in [-0.2, -0.15) is 0 Å². The van der Waals surface area contributed by atoms with Gasteiger partial charge in [0.1, 0.15) is 10.5 Å².